The van der Waals surface area contributed by atoms with Crippen LogP contribution >= 0.6 is 27.3 Å². The van der Waals surface area contributed by atoms with Gasteiger partial charge in [0.2, 0.25) is 0 Å². The third-order valence-electron chi connectivity index (χ3n) is 2.19. The van der Waals surface area contributed by atoms with Crippen molar-refractivity contribution in [3.8, 4) is 0 Å². The third kappa shape index (κ3) is 2.62. The summed E-state index contributed by atoms with van der Waals surface area (Å²) >= 11 is 4.93. The molecule has 2 nitrogen and oxygen atoms in total. The molecule has 16 heavy (non-hydrogen) atoms. The molecule has 1 aromatic heterocycles. The number of amides is 1. The topological polar surface area (TPSA) is 29.1 Å². The van der Waals surface area contributed by atoms with E-state index in [1.165, 1.54) is 11.3 Å². The van der Waals surface area contributed by atoms with E-state index in [1.54, 1.807) is 0 Å². The average Bonchev–Trinajstić information content (AvgIpc) is 2.69. The van der Waals surface area contributed by atoms with Crippen molar-refractivity contribution in [1.82, 2.24) is 5.32 Å². The van der Waals surface area contributed by atoms with Crippen LogP contribution in [0.25, 0.3) is 10.1 Å². The molecule has 0 aliphatic rings. The normalized spacial score (nSPS) is 12.6. The summed E-state index contributed by atoms with van der Waals surface area (Å²) in [5.74, 6) is 0.00694. The van der Waals surface area contributed by atoms with Crippen molar-refractivity contribution in [3.63, 3.8) is 0 Å². The first-order chi connectivity index (χ1) is 7.66. The second kappa shape index (κ2) is 4.97. The van der Waals surface area contributed by atoms with Crippen molar-refractivity contribution >= 4 is 43.3 Å². The summed E-state index contributed by atoms with van der Waals surface area (Å²) in [5.41, 5.74) is 0. The van der Waals surface area contributed by atoms with Crippen molar-refractivity contribution in [2.75, 3.05) is 6.54 Å². The second-order valence-corrected chi connectivity index (χ2v) is 6.29. The molecular formula is C12H12BrNOS. The molecule has 1 atom stereocenters. The van der Waals surface area contributed by atoms with Crippen LogP contribution < -0.4 is 5.32 Å². The Balaban J connectivity index is 2.17. The van der Waals surface area contributed by atoms with Gasteiger partial charge in [0.15, 0.2) is 0 Å². The molecule has 0 saturated heterocycles. The summed E-state index contributed by atoms with van der Waals surface area (Å²) in [5, 5.41) is 4.01. The number of carbonyl (C=O) groups is 1. The van der Waals surface area contributed by atoms with Crippen molar-refractivity contribution in [1.29, 1.82) is 0 Å². The minimum absolute atomic E-state index is 0.00694. The Morgan fingerprint density at radius 2 is 2.25 bits per heavy atom. The smallest absolute Gasteiger partial charge is 0.261 e. The Morgan fingerprint density at radius 1 is 1.50 bits per heavy atom. The van der Waals surface area contributed by atoms with E-state index in [2.05, 4.69) is 21.2 Å². The van der Waals surface area contributed by atoms with E-state index in [9.17, 15) is 4.79 Å². The van der Waals surface area contributed by atoms with Crippen LogP contribution in [0, 0.1) is 0 Å². The zero-order chi connectivity index (χ0) is 11.5. The molecule has 1 amide bonds. The van der Waals surface area contributed by atoms with Gasteiger partial charge < -0.3 is 5.32 Å². The van der Waals surface area contributed by atoms with Crippen LogP contribution in [-0.4, -0.2) is 17.3 Å². The molecule has 0 spiro atoms. The summed E-state index contributed by atoms with van der Waals surface area (Å²) in [6.45, 7) is 2.65. The number of hydrogen-bond acceptors (Lipinski definition) is 2. The van der Waals surface area contributed by atoms with Gasteiger partial charge in [-0.1, -0.05) is 41.1 Å². The van der Waals surface area contributed by atoms with Crippen molar-refractivity contribution in [2.45, 2.75) is 11.8 Å². The summed E-state index contributed by atoms with van der Waals surface area (Å²) in [4.78, 5) is 12.9. The van der Waals surface area contributed by atoms with E-state index in [-0.39, 0.29) is 5.91 Å². The highest BCUT2D eigenvalue weighted by atomic mass is 79.9. The van der Waals surface area contributed by atoms with Gasteiger partial charge in [-0.3, -0.25) is 4.79 Å². The fourth-order valence-corrected chi connectivity index (χ4v) is 2.56. The lowest BCUT2D eigenvalue weighted by molar-refractivity contribution is 0.0958. The fourth-order valence-electron chi connectivity index (χ4n) is 1.41. The summed E-state index contributed by atoms with van der Waals surface area (Å²) in [6, 6.07) is 9.96. The van der Waals surface area contributed by atoms with Gasteiger partial charge in [0.1, 0.15) is 0 Å². The summed E-state index contributed by atoms with van der Waals surface area (Å²) < 4.78 is 1.15. The van der Waals surface area contributed by atoms with E-state index >= 15 is 0 Å². The van der Waals surface area contributed by atoms with Crippen LogP contribution in [-0.2, 0) is 0 Å². The molecule has 0 aliphatic carbocycles. The first kappa shape index (κ1) is 11.6. The third-order valence-corrected chi connectivity index (χ3v) is 3.63. The van der Waals surface area contributed by atoms with Crippen molar-refractivity contribution < 1.29 is 4.79 Å². The van der Waals surface area contributed by atoms with Crippen molar-refractivity contribution in [2.24, 2.45) is 0 Å². The number of alkyl halides is 1. The van der Waals surface area contributed by atoms with Gasteiger partial charge >= 0.3 is 0 Å². The standard InChI is InChI=1S/C12H12BrNOS/c1-8(13)7-14-12(15)11-6-9-4-2-3-5-10(9)16-11/h2-6,8H,7H2,1H3,(H,14,15). The summed E-state index contributed by atoms with van der Waals surface area (Å²) in [6.07, 6.45) is 0. The van der Waals surface area contributed by atoms with Crippen LogP contribution in [0.15, 0.2) is 30.3 Å². The zero-order valence-electron chi connectivity index (χ0n) is 8.87. The summed E-state index contributed by atoms with van der Waals surface area (Å²) in [7, 11) is 0. The van der Waals surface area contributed by atoms with E-state index in [0.29, 0.717) is 11.4 Å². The monoisotopic (exact) mass is 297 g/mol. The molecule has 4 heteroatoms. The maximum Gasteiger partial charge on any atom is 0.261 e. The molecule has 1 N–H and O–H groups in total. The predicted octanol–water partition coefficient (Wildman–Crippen LogP) is 3.41. The largest absolute Gasteiger partial charge is 0.350 e. The molecule has 1 aromatic carbocycles. The van der Waals surface area contributed by atoms with Gasteiger partial charge in [-0.2, -0.15) is 0 Å². The number of nitrogens with one attached hydrogen (secondary N) is 1. The van der Waals surface area contributed by atoms with E-state index in [0.717, 1.165) is 15.0 Å². The highest BCUT2D eigenvalue weighted by Crippen LogP contribution is 2.24. The Kier molecular flexibility index (Phi) is 3.61. The highest BCUT2D eigenvalue weighted by molar-refractivity contribution is 9.09. The lowest BCUT2D eigenvalue weighted by atomic mass is 10.2. The van der Waals surface area contributed by atoms with Gasteiger partial charge in [0, 0.05) is 16.1 Å². The quantitative estimate of drug-likeness (QED) is 0.864. The van der Waals surface area contributed by atoms with Gasteiger partial charge in [-0.15, -0.1) is 11.3 Å². The molecular weight excluding hydrogens is 286 g/mol. The SMILES string of the molecule is CC(Br)CNC(=O)c1cc2ccccc2s1. The van der Waals surface area contributed by atoms with E-state index in [1.807, 2.05) is 37.3 Å². The Bertz CT molecular complexity index is 473. The number of rotatable bonds is 3. The first-order valence-electron chi connectivity index (χ1n) is 5.07. The molecule has 84 valence electrons. The van der Waals surface area contributed by atoms with Gasteiger partial charge in [0.25, 0.3) is 5.91 Å². The molecule has 1 unspecified atom stereocenters. The first-order valence-corrected chi connectivity index (χ1v) is 6.81. The number of hydrogen-bond donors (Lipinski definition) is 1. The van der Waals surface area contributed by atoms with Crippen LogP contribution in [0.4, 0.5) is 0 Å². The van der Waals surface area contributed by atoms with Crippen LogP contribution in [0.1, 0.15) is 16.6 Å². The van der Waals surface area contributed by atoms with Crippen LogP contribution in [0.3, 0.4) is 0 Å². The molecule has 0 radical (unpaired) electrons. The molecule has 2 rings (SSSR count). The van der Waals surface area contributed by atoms with E-state index in [4.69, 9.17) is 0 Å². The number of thiophene rings is 1. The molecule has 0 bridgehead atoms. The fraction of sp³-hybridized carbons (Fsp3) is 0.250. The van der Waals surface area contributed by atoms with Crippen molar-refractivity contribution in [3.05, 3.63) is 35.2 Å². The molecule has 0 fully saturated rings. The Hall–Kier alpha value is -0.870. The minimum Gasteiger partial charge on any atom is -0.350 e. The second-order valence-electron chi connectivity index (χ2n) is 3.64. The minimum atomic E-state index is 0.00694. The predicted molar refractivity (Wildman–Crippen MR) is 72.5 cm³/mol. The van der Waals surface area contributed by atoms with E-state index < -0.39 is 0 Å². The highest BCUT2D eigenvalue weighted by Gasteiger charge is 2.09. The number of benzene rings is 1. The number of carbonyl (C=O) groups excluding carboxylic acids is 1. The van der Waals surface area contributed by atoms with Gasteiger partial charge in [-0.05, 0) is 17.5 Å². The number of halogens is 1. The van der Waals surface area contributed by atoms with Crippen LogP contribution in [0.2, 0.25) is 0 Å². The molecule has 2 aromatic rings. The van der Waals surface area contributed by atoms with Crippen LogP contribution in [0.5, 0.6) is 0 Å². The molecule has 0 saturated carbocycles. The lowest BCUT2D eigenvalue weighted by Crippen LogP contribution is -2.27. The average molecular weight is 298 g/mol. The van der Waals surface area contributed by atoms with Gasteiger partial charge in [0.05, 0.1) is 4.88 Å². The molecule has 0 aliphatic heterocycles. The maximum atomic E-state index is 11.8. The van der Waals surface area contributed by atoms with Gasteiger partial charge in [-0.25, -0.2) is 0 Å². The zero-order valence-corrected chi connectivity index (χ0v) is 11.3. The Morgan fingerprint density at radius 3 is 2.94 bits per heavy atom. The number of fused-ring (bicyclic) bond motifs is 1. The maximum absolute atomic E-state index is 11.8. The molecule has 1 heterocycles. The lowest BCUT2D eigenvalue weighted by Gasteiger charge is -2.04. The Labute approximate surface area is 107 Å².